The summed E-state index contributed by atoms with van der Waals surface area (Å²) >= 11 is 0. The number of piperazine rings is 1. The van der Waals surface area contributed by atoms with Gasteiger partial charge in [0.1, 0.15) is 0 Å². The first-order valence-electron chi connectivity index (χ1n) is 7.38. The Morgan fingerprint density at radius 2 is 2.00 bits per heavy atom. The molecular formula is C15H26N4. The van der Waals surface area contributed by atoms with Gasteiger partial charge in [-0.1, -0.05) is 19.9 Å². The molecule has 19 heavy (non-hydrogen) atoms. The molecule has 2 heterocycles. The molecule has 1 aliphatic rings. The minimum atomic E-state index is 0.178. The fourth-order valence-corrected chi connectivity index (χ4v) is 2.86. The highest BCUT2D eigenvalue weighted by molar-refractivity contribution is 5.16. The zero-order valence-corrected chi connectivity index (χ0v) is 12.1. The molecule has 1 saturated heterocycles. The van der Waals surface area contributed by atoms with E-state index < -0.39 is 0 Å². The number of aromatic nitrogens is 1. The minimum Gasteiger partial charge on any atom is -0.326 e. The topological polar surface area (TPSA) is 45.4 Å². The van der Waals surface area contributed by atoms with Gasteiger partial charge < -0.3 is 10.6 Å². The van der Waals surface area contributed by atoms with E-state index in [4.69, 9.17) is 5.73 Å². The van der Waals surface area contributed by atoms with Crippen LogP contribution in [-0.4, -0.2) is 53.5 Å². The number of hydrogen-bond donors (Lipinski definition) is 1. The van der Waals surface area contributed by atoms with E-state index in [9.17, 15) is 0 Å². The van der Waals surface area contributed by atoms with Gasteiger partial charge in [0, 0.05) is 44.6 Å². The van der Waals surface area contributed by atoms with Crippen LogP contribution < -0.4 is 5.73 Å². The third-order valence-corrected chi connectivity index (χ3v) is 4.15. The molecule has 1 fully saturated rings. The van der Waals surface area contributed by atoms with Crippen LogP contribution in [0, 0.1) is 0 Å². The molecule has 2 atom stereocenters. The Balaban J connectivity index is 2.11. The van der Waals surface area contributed by atoms with Crippen molar-refractivity contribution in [3.63, 3.8) is 0 Å². The molecule has 0 radical (unpaired) electrons. The third kappa shape index (κ3) is 3.53. The van der Waals surface area contributed by atoms with Crippen molar-refractivity contribution in [2.75, 3.05) is 32.7 Å². The minimum absolute atomic E-state index is 0.178. The van der Waals surface area contributed by atoms with Crippen molar-refractivity contribution >= 4 is 0 Å². The third-order valence-electron chi connectivity index (χ3n) is 4.15. The molecular weight excluding hydrogens is 236 g/mol. The second kappa shape index (κ2) is 6.98. The Hall–Kier alpha value is -0.970. The average Bonchev–Trinajstić information content (AvgIpc) is 2.49. The fraction of sp³-hybridized carbons (Fsp3) is 0.667. The maximum absolute atomic E-state index is 6.36. The summed E-state index contributed by atoms with van der Waals surface area (Å²) in [6.45, 7) is 10.0. The van der Waals surface area contributed by atoms with E-state index in [0.717, 1.165) is 39.1 Å². The van der Waals surface area contributed by atoms with Crippen LogP contribution in [0.1, 0.15) is 31.9 Å². The predicted molar refractivity (Wildman–Crippen MR) is 78.9 cm³/mol. The lowest BCUT2D eigenvalue weighted by Gasteiger charge is -2.41. The largest absolute Gasteiger partial charge is 0.326 e. The van der Waals surface area contributed by atoms with E-state index in [1.807, 2.05) is 18.5 Å². The van der Waals surface area contributed by atoms with Crippen LogP contribution in [0.5, 0.6) is 0 Å². The number of pyridine rings is 1. The van der Waals surface area contributed by atoms with Gasteiger partial charge in [0.05, 0.1) is 6.04 Å². The second-order valence-corrected chi connectivity index (χ2v) is 5.27. The van der Waals surface area contributed by atoms with Gasteiger partial charge in [-0.15, -0.1) is 0 Å². The van der Waals surface area contributed by atoms with E-state index in [1.54, 1.807) is 0 Å². The first-order chi connectivity index (χ1) is 9.26. The van der Waals surface area contributed by atoms with Crippen LogP contribution in [-0.2, 0) is 0 Å². The summed E-state index contributed by atoms with van der Waals surface area (Å²) in [5, 5.41) is 0. The lowest BCUT2D eigenvalue weighted by atomic mass is 9.97. The van der Waals surface area contributed by atoms with Crippen LogP contribution >= 0.6 is 0 Å². The van der Waals surface area contributed by atoms with E-state index in [2.05, 4.69) is 34.7 Å². The molecule has 2 unspecified atom stereocenters. The molecule has 0 bridgehead atoms. The van der Waals surface area contributed by atoms with Crippen molar-refractivity contribution in [1.82, 2.24) is 14.8 Å². The van der Waals surface area contributed by atoms with Crippen molar-refractivity contribution in [2.45, 2.75) is 32.4 Å². The van der Waals surface area contributed by atoms with Crippen molar-refractivity contribution in [2.24, 2.45) is 5.73 Å². The molecule has 106 valence electrons. The maximum atomic E-state index is 6.36. The summed E-state index contributed by atoms with van der Waals surface area (Å²) in [4.78, 5) is 9.28. The Labute approximate surface area is 116 Å². The second-order valence-electron chi connectivity index (χ2n) is 5.27. The van der Waals surface area contributed by atoms with Crippen molar-refractivity contribution in [3.05, 3.63) is 30.1 Å². The van der Waals surface area contributed by atoms with Crippen LogP contribution in [0.4, 0.5) is 0 Å². The number of nitrogens with zero attached hydrogens (tertiary/aromatic N) is 3. The summed E-state index contributed by atoms with van der Waals surface area (Å²) in [5.74, 6) is 0. The van der Waals surface area contributed by atoms with Crippen molar-refractivity contribution in [1.29, 1.82) is 0 Å². The Morgan fingerprint density at radius 1 is 1.26 bits per heavy atom. The van der Waals surface area contributed by atoms with Gasteiger partial charge in [0.2, 0.25) is 0 Å². The molecule has 0 aromatic carbocycles. The maximum Gasteiger partial charge on any atom is 0.0515 e. The molecule has 1 aromatic rings. The monoisotopic (exact) mass is 262 g/mol. The highest BCUT2D eigenvalue weighted by Gasteiger charge is 2.28. The normalized spacial score (nSPS) is 21.2. The number of rotatable bonds is 5. The average molecular weight is 262 g/mol. The predicted octanol–water partition coefficient (Wildman–Crippen LogP) is 1.50. The van der Waals surface area contributed by atoms with Gasteiger partial charge in [-0.25, -0.2) is 0 Å². The van der Waals surface area contributed by atoms with E-state index >= 15 is 0 Å². The molecule has 0 spiro atoms. The number of likely N-dealkylation sites (N-methyl/N-ethyl adjacent to an activating group) is 1. The Kier molecular flexibility index (Phi) is 5.31. The van der Waals surface area contributed by atoms with Gasteiger partial charge in [-0.3, -0.25) is 9.88 Å². The van der Waals surface area contributed by atoms with Crippen LogP contribution in [0.2, 0.25) is 0 Å². The molecule has 2 N–H and O–H groups in total. The summed E-state index contributed by atoms with van der Waals surface area (Å²) in [6.07, 6.45) is 4.78. The van der Waals surface area contributed by atoms with E-state index in [-0.39, 0.29) is 6.04 Å². The molecule has 0 saturated carbocycles. The van der Waals surface area contributed by atoms with Gasteiger partial charge in [0.15, 0.2) is 0 Å². The fourth-order valence-electron chi connectivity index (χ4n) is 2.86. The standard InChI is InChI=1S/C15H26N4/c1-3-14(16)15(13-6-5-7-17-12-13)19-10-8-18(4-2)9-11-19/h5-7,12,14-15H,3-4,8-11,16H2,1-2H3. The SMILES string of the molecule is CCC(N)C(c1cccnc1)N1CCN(CC)CC1. The quantitative estimate of drug-likeness (QED) is 0.873. The lowest BCUT2D eigenvalue weighted by molar-refractivity contribution is 0.0863. The van der Waals surface area contributed by atoms with Crippen molar-refractivity contribution < 1.29 is 0 Å². The Bertz CT molecular complexity index is 360. The molecule has 4 heteroatoms. The van der Waals surface area contributed by atoms with Gasteiger partial charge in [-0.05, 0) is 24.6 Å². The highest BCUT2D eigenvalue weighted by Crippen LogP contribution is 2.25. The molecule has 0 amide bonds. The highest BCUT2D eigenvalue weighted by atomic mass is 15.3. The van der Waals surface area contributed by atoms with E-state index in [1.165, 1.54) is 5.56 Å². The summed E-state index contributed by atoms with van der Waals surface area (Å²) < 4.78 is 0. The van der Waals surface area contributed by atoms with Gasteiger partial charge >= 0.3 is 0 Å². The van der Waals surface area contributed by atoms with Gasteiger partial charge in [0.25, 0.3) is 0 Å². The number of hydrogen-bond acceptors (Lipinski definition) is 4. The zero-order valence-electron chi connectivity index (χ0n) is 12.1. The summed E-state index contributed by atoms with van der Waals surface area (Å²) in [7, 11) is 0. The van der Waals surface area contributed by atoms with Crippen LogP contribution in [0.15, 0.2) is 24.5 Å². The van der Waals surface area contributed by atoms with Crippen LogP contribution in [0.25, 0.3) is 0 Å². The molecule has 2 rings (SSSR count). The first kappa shape index (κ1) is 14.4. The van der Waals surface area contributed by atoms with Crippen molar-refractivity contribution in [3.8, 4) is 0 Å². The summed E-state index contributed by atoms with van der Waals surface area (Å²) in [5.41, 5.74) is 7.62. The zero-order chi connectivity index (χ0) is 13.7. The van der Waals surface area contributed by atoms with Crippen LogP contribution in [0.3, 0.4) is 0 Å². The first-order valence-corrected chi connectivity index (χ1v) is 7.38. The Morgan fingerprint density at radius 3 is 2.53 bits per heavy atom. The lowest BCUT2D eigenvalue weighted by Crippen LogP contribution is -2.51. The molecule has 0 aliphatic carbocycles. The van der Waals surface area contributed by atoms with E-state index in [0.29, 0.717) is 6.04 Å². The van der Waals surface area contributed by atoms with Gasteiger partial charge in [-0.2, -0.15) is 0 Å². The molecule has 1 aliphatic heterocycles. The molecule has 4 nitrogen and oxygen atoms in total. The summed E-state index contributed by atoms with van der Waals surface area (Å²) in [6, 6.07) is 4.64. The molecule has 1 aromatic heterocycles. The number of nitrogens with two attached hydrogens (primary N) is 1. The smallest absolute Gasteiger partial charge is 0.0515 e.